The number of aromatic nitrogens is 1. The number of primary amides is 1. The molecule has 3 aromatic carbocycles. The second kappa shape index (κ2) is 9.79. The summed E-state index contributed by atoms with van der Waals surface area (Å²) < 4.78 is 28.2. The van der Waals surface area contributed by atoms with E-state index in [1.165, 1.54) is 12.1 Å². The van der Waals surface area contributed by atoms with E-state index in [0.29, 0.717) is 34.4 Å². The van der Waals surface area contributed by atoms with Gasteiger partial charge in [-0.1, -0.05) is 36.4 Å². The Kier molecular flexibility index (Phi) is 6.25. The van der Waals surface area contributed by atoms with E-state index >= 15 is 0 Å². The molecule has 1 aliphatic carbocycles. The number of hydrogen-bond donors (Lipinski definition) is 2. The number of nitrogens with zero attached hydrogens (tertiary/aromatic N) is 1. The number of benzene rings is 3. The highest BCUT2D eigenvalue weighted by molar-refractivity contribution is 6.13. The van der Waals surface area contributed by atoms with Crippen LogP contribution in [0.2, 0.25) is 0 Å². The fourth-order valence-electron chi connectivity index (χ4n) is 6.03. The first-order valence-electron chi connectivity index (χ1n) is 13.0. The van der Waals surface area contributed by atoms with Gasteiger partial charge < -0.3 is 11.1 Å². The maximum absolute atomic E-state index is 14.1. The van der Waals surface area contributed by atoms with Crippen molar-refractivity contribution in [1.29, 1.82) is 0 Å². The second-order valence-corrected chi connectivity index (χ2v) is 10.5. The largest absolute Gasteiger partial charge is 0.366 e. The summed E-state index contributed by atoms with van der Waals surface area (Å²) >= 11 is 0. The average molecular weight is 538 g/mol. The fourth-order valence-corrected chi connectivity index (χ4v) is 6.03. The van der Waals surface area contributed by atoms with Gasteiger partial charge in [0.05, 0.1) is 11.1 Å². The van der Waals surface area contributed by atoms with Crippen LogP contribution in [0.3, 0.4) is 0 Å². The van der Waals surface area contributed by atoms with Crippen molar-refractivity contribution in [3.05, 3.63) is 119 Å². The molecule has 3 atom stereocenters. The summed E-state index contributed by atoms with van der Waals surface area (Å²) in [6, 6.07) is 21.0. The van der Waals surface area contributed by atoms with Crippen molar-refractivity contribution in [2.24, 2.45) is 11.7 Å². The quantitative estimate of drug-likeness (QED) is 0.318. The van der Waals surface area contributed by atoms with E-state index in [-0.39, 0.29) is 24.5 Å². The van der Waals surface area contributed by atoms with Gasteiger partial charge in [0.15, 0.2) is 0 Å². The van der Waals surface area contributed by atoms with Gasteiger partial charge in [-0.3, -0.25) is 19.4 Å². The number of anilines is 1. The Bertz CT molecular complexity index is 1670. The van der Waals surface area contributed by atoms with Crippen molar-refractivity contribution >= 4 is 23.3 Å². The minimum Gasteiger partial charge on any atom is -0.366 e. The predicted molar refractivity (Wildman–Crippen MR) is 145 cm³/mol. The predicted octanol–water partition coefficient (Wildman–Crippen LogP) is 5.32. The van der Waals surface area contributed by atoms with Crippen molar-refractivity contribution in [2.45, 2.75) is 30.6 Å². The molecule has 1 aromatic heterocycles. The third-order valence-electron chi connectivity index (χ3n) is 7.95. The fraction of sp³-hybridized carbons (Fsp3) is 0.188. The van der Waals surface area contributed by atoms with Crippen molar-refractivity contribution in [3.63, 3.8) is 0 Å². The lowest BCUT2D eigenvalue weighted by atomic mass is 9.84. The smallest absolute Gasteiger partial charge is 0.248 e. The van der Waals surface area contributed by atoms with Crippen LogP contribution < -0.4 is 11.1 Å². The molecule has 40 heavy (non-hydrogen) atoms. The molecule has 2 heterocycles. The van der Waals surface area contributed by atoms with Crippen molar-refractivity contribution in [2.75, 3.05) is 5.32 Å². The highest BCUT2D eigenvalue weighted by Crippen LogP contribution is 2.60. The molecule has 0 saturated heterocycles. The number of carbonyl (C=O) groups excluding carboxylic acids is 3. The van der Waals surface area contributed by atoms with E-state index in [4.69, 9.17) is 5.73 Å². The van der Waals surface area contributed by atoms with Gasteiger partial charge in [0.25, 0.3) is 0 Å². The van der Waals surface area contributed by atoms with Gasteiger partial charge in [0.2, 0.25) is 11.8 Å². The lowest BCUT2D eigenvalue weighted by molar-refractivity contribution is -0.124. The SMILES string of the molecule is NC(=O)c1cccc(-c2cccnc2[C@@H](CC(=O)C2CC23C(=O)Nc2ccccc23)Cc2cc(F)cc(F)c2)c1. The van der Waals surface area contributed by atoms with Crippen molar-refractivity contribution in [1.82, 2.24) is 4.98 Å². The second-order valence-electron chi connectivity index (χ2n) is 10.5. The first kappa shape index (κ1) is 25.6. The summed E-state index contributed by atoms with van der Waals surface area (Å²) in [5, 5.41) is 2.89. The van der Waals surface area contributed by atoms with Gasteiger partial charge in [0.1, 0.15) is 17.4 Å². The number of Topliss-reactive ketones (excluding diaryl/α,β-unsaturated/α-hetero) is 1. The number of ketones is 1. The Morgan fingerprint density at radius 3 is 2.55 bits per heavy atom. The molecule has 0 radical (unpaired) electrons. The van der Waals surface area contributed by atoms with Crippen LogP contribution >= 0.6 is 0 Å². The lowest BCUT2D eigenvalue weighted by Crippen LogP contribution is -2.25. The van der Waals surface area contributed by atoms with Gasteiger partial charge in [-0.25, -0.2) is 8.78 Å². The van der Waals surface area contributed by atoms with Gasteiger partial charge >= 0.3 is 0 Å². The third-order valence-corrected chi connectivity index (χ3v) is 7.95. The first-order valence-corrected chi connectivity index (χ1v) is 13.0. The van der Waals surface area contributed by atoms with Crippen LogP contribution in [0.25, 0.3) is 11.1 Å². The lowest BCUT2D eigenvalue weighted by Gasteiger charge is -2.20. The van der Waals surface area contributed by atoms with Crippen molar-refractivity contribution < 1.29 is 23.2 Å². The Morgan fingerprint density at radius 2 is 1.77 bits per heavy atom. The first-order chi connectivity index (χ1) is 19.3. The molecule has 8 heteroatoms. The van der Waals surface area contributed by atoms with Crippen LogP contribution in [0, 0.1) is 17.6 Å². The Hall–Kier alpha value is -4.72. The number of nitrogens with one attached hydrogen (secondary N) is 1. The highest BCUT2D eigenvalue weighted by atomic mass is 19.1. The minimum atomic E-state index is -0.883. The number of nitrogens with two attached hydrogens (primary N) is 1. The Morgan fingerprint density at radius 1 is 1.00 bits per heavy atom. The van der Waals surface area contributed by atoms with Crippen LogP contribution in [-0.4, -0.2) is 22.6 Å². The van der Waals surface area contributed by atoms with Gasteiger partial charge in [-0.05, 0) is 65.9 Å². The van der Waals surface area contributed by atoms with E-state index < -0.39 is 34.8 Å². The van der Waals surface area contributed by atoms with E-state index in [2.05, 4.69) is 10.3 Å². The van der Waals surface area contributed by atoms with Crippen molar-refractivity contribution in [3.8, 4) is 11.1 Å². The molecule has 3 N–H and O–H groups in total. The zero-order valence-corrected chi connectivity index (χ0v) is 21.4. The molecule has 200 valence electrons. The zero-order chi connectivity index (χ0) is 28.0. The average Bonchev–Trinajstić information content (AvgIpc) is 3.63. The number of rotatable bonds is 8. The molecule has 6 nitrogen and oxygen atoms in total. The van der Waals surface area contributed by atoms with Crippen LogP contribution in [-0.2, 0) is 21.4 Å². The number of amides is 2. The summed E-state index contributed by atoms with van der Waals surface area (Å²) in [7, 11) is 0. The van der Waals surface area contributed by atoms with Gasteiger partial charge in [-0.15, -0.1) is 0 Å². The van der Waals surface area contributed by atoms with E-state index in [1.54, 1.807) is 30.5 Å². The molecule has 2 aliphatic rings. The molecular formula is C32H25F2N3O3. The number of fused-ring (bicyclic) bond motifs is 2. The van der Waals surface area contributed by atoms with Crippen LogP contribution in [0.15, 0.2) is 85.1 Å². The normalized spacial score (nSPS) is 19.6. The Balaban J connectivity index is 1.37. The third kappa shape index (κ3) is 4.45. The van der Waals surface area contributed by atoms with Crippen LogP contribution in [0.1, 0.15) is 45.9 Å². The molecule has 1 spiro atoms. The molecule has 0 bridgehead atoms. The zero-order valence-electron chi connectivity index (χ0n) is 21.4. The molecule has 2 unspecified atom stereocenters. The van der Waals surface area contributed by atoms with Crippen LogP contribution in [0.5, 0.6) is 0 Å². The maximum Gasteiger partial charge on any atom is 0.248 e. The molecule has 6 rings (SSSR count). The number of carbonyl (C=O) groups is 3. The molecule has 1 fully saturated rings. The molecular weight excluding hydrogens is 512 g/mol. The summed E-state index contributed by atoms with van der Waals surface area (Å²) in [5.74, 6) is -3.36. The van der Waals surface area contributed by atoms with Gasteiger partial charge in [0, 0.05) is 47.3 Å². The van der Waals surface area contributed by atoms with Crippen LogP contribution in [0.4, 0.5) is 14.5 Å². The number of pyridine rings is 1. The molecule has 1 aliphatic heterocycles. The Labute approximate surface area is 229 Å². The minimum absolute atomic E-state index is 0.0134. The van der Waals surface area contributed by atoms with Gasteiger partial charge in [-0.2, -0.15) is 0 Å². The maximum atomic E-state index is 14.1. The molecule has 2 amide bonds. The highest BCUT2D eigenvalue weighted by Gasteiger charge is 2.67. The standard InChI is InChI=1S/C32H25F2N3O3/c33-22-12-18(13-23(34)16-22)11-21(29-24(7-4-10-36-29)19-5-3-6-20(14-19)30(35)39)15-28(38)26-17-32(26)25-8-1-2-9-27(25)37-31(32)40/h1-10,12-14,16,21,26H,11,15,17H2,(H2,35,39)(H,37,40)/t21-,26?,32?/m1/s1. The summed E-state index contributed by atoms with van der Waals surface area (Å²) in [6.45, 7) is 0. The summed E-state index contributed by atoms with van der Waals surface area (Å²) in [4.78, 5) is 43.2. The monoisotopic (exact) mass is 537 g/mol. The number of para-hydroxylation sites is 1. The molecule has 4 aromatic rings. The van der Waals surface area contributed by atoms with E-state index in [0.717, 1.165) is 17.3 Å². The topological polar surface area (TPSA) is 102 Å². The molecule has 1 saturated carbocycles. The number of halogens is 2. The van der Waals surface area contributed by atoms with E-state index in [1.807, 2.05) is 36.4 Å². The number of hydrogen-bond acceptors (Lipinski definition) is 4. The van der Waals surface area contributed by atoms with E-state index in [9.17, 15) is 23.2 Å². The summed E-state index contributed by atoms with van der Waals surface area (Å²) in [5.41, 5.74) is 8.75. The summed E-state index contributed by atoms with van der Waals surface area (Å²) in [6.07, 6.45) is 2.16.